The van der Waals surface area contributed by atoms with E-state index >= 15 is 0 Å². The topological polar surface area (TPSA) is 82.8 Å². The standard InChI is InChI=1S/C18H19ClN2O4/c1-23-16-10-14(20)13(19)9-12(16)18(22)21-5-4-11-2-3-15-17(8-11)25-7-6-24-15/h2-3,8-10H,4-7,20H2,1H3,(H,21,22). The van der Waals surface area contributed by atoms with E-state index in [1.54, 1.807) is 0 Å². The SMILES string of the molecule is COc1cc(N)c(Cl)cc1C(=O)NCCc1ccc2c(c1)OCCO2. The largest absolute Gasteiger partial charge is 0.496 e. The molecule has 0 aromatic heterocycles. The molecule has 0 aliphatic carbocycles. The summed E-state index contributed by atoms with van der Waals surface area (Å²) in [5.74, 6) is 1.61. The van der Waals surface area contributed by atoms with E-state index in [1.165, 1.54) is 19.2 Å². The Kier molecular flexibility index (Phi) is 5.19. The van der Waals surface area contributed by atoms with E-state index in [0.29, 0.717) is 48.2 Å². The zero-order chi connectivity index (χ0) is 17.8. The average molecular weight is 363 g/mol. The first-order chi connectivity index (χ1) is 12.1. The smallest absolute Gasteiger partial charge is 0.255 e. The summed E-state index contributed by atoms with van der Waals surface area (Å²) < 4.78 is 16.3. The monoisotopic (exact) mass is 362 g/mol. The molecule has 2 aromatic rings. The molecule has 0 radical (unpaired) electrons. The first kappa shape index (κ1) is 17.2. The molecule has 1 aliphatic heterocycles. The summed E-state index contributed by atoms with van der Waals surface area (Å²) in [6.45, 7) is 1.57. The van der Waals surface area contributed by atoms with Crippen molar-refractivity contribution in [2.24, 2.45) is 0 Å². The fraction of sp³-hybridized carbons (Fsp3) is 0.278. The number of anilines is 1. The van der Waals surface area contributed by atoms with E-state index in [2.05, 4.69) is 5.32 Å². The lowest BCUT2D eigenvalue weighted by molar-refractivity contribution is 0.0951. The highest BCUT2D eigenvalue weighted by molar-refractivity contribution is 6.33. The quantitative estimate of drug-likeness (QED) is 0.799. The van der Waals surface area contributed by atoms with Crippen LogP contribution in [0.4, 0.5) is 5.69 Å². The number of carbonyl (C=O) groups excluding carboxylic acids is 1. The third-order valence-electron chi connectivity index (χ3n) is 3.87. The number of rotatable bonds is 5. The van der Waals surface area contributed by atoms with Crippen molar-refractivity contribution in [3.8, 4) is 17.2 Å². The molecule has 1 heterocycles. The Morgan fingerprint density at radius 1 is 1.24 bits per heavy atom. The lowest BCUT2D eigenvalue weighted by Gasteiger charge is -2.19. The van der Waals surface area contributed by atoms with E-state index in [4.69, 9.17) is 31.5 Å². The number of benzene rings is 2. The van der Waals surface area contributed by atoms with Gasteiger partial charge in [0.15, 0.2) is 11.5 Å². The Hall–Kier alpha value is -2.60. The van der Waals surface area contributed by atoms with Crippen LogP contribution in [0.2, 0.25) is 5.02 Å². The molecule has 6 nitrogen and oxygen atoms in total. The van der Waals surface area contributed by atoms with Crippen molar-refractivity contribution in [1.82, 2.24) is 5.32 Å². The molecule has 0 atom stereocenters. The van der Waals surface area contributed by atoms with Crippen LogP contribution >= 0.6 is 11.6 Å². The van der Waals surface area contributed by atoms with Crippen LogP contribution in [0.5, 0.6) is 17.2 Å². The van der Waals surface area contributed by atoms with E-state index in [0.717, 1.165) is 17.1 Å². The minimum atomic E-state index is -0.267. The Labute approximate surface area is 150 Å². The Morgan fingerprint density at radius 2 is 2.00 bits per heavy atom. The Bertz CT molecular complexity index is 795. The Morgan fingerprint density at radius 3 is 2.76 bits per heavy atom. The van der Waals surface area contributed by atoms with Gasteiger partial charge in [-0.1, -0.05) is 17.7 Å². The van der Waals surface area contributed by atoms with Crippen LogP contribution in [0, 0.1) is 0 Å². The van der Waals surface area contributed by atoms with Gasteiger partial charge in [0.2, 0.25) is 0 Å². The first-order valence-corrected chi connectivity index (χ1v) is 8.26. The van der Waals surface area contributed by atoms with Crippen LogP contribution in [0.1, 0.15) is 15.9 Å². The highest BCUT2D eigenvalue weighted by Crippen LogP contribution is 2.31. The second kappa shape index (κ2) is 7.53. The summed E-state index contributed by atoms with van der Waals surface area (Å²) in [7, 11) is 1.48. The lowest BCUT2D eigenvalue weighted by Crippen LogP contribution is -2.26. The van der Waals surface area contributed by atoms with Crippen molar-refractivity contribution < 1.29 is 19.0 Å². The number of nitrogens with two attached hydrogens (primary N) is 1. The van der Waals surface area contributed by atoms with Gasteiger partial charge in [-0.05, 0) is 30.2 Å². The van der Waals surface area contributed by atoms with Gasteiger partial charge in [-0.2, -0.15) is 0 Å². The van der Waals surface area contributed by atoms with E-state index in [1.807, 2.05) is 18.2 Å². The van der Waals surface area contributed by atoms with Gasteiger partial charge < -0.3 is 25.3 Å². The molecule has 1 amide bonds. The number of nitrogen functional groups attached to an aromatic ring is 1. The predicted molar refractivity (Wildman–Crippen MR) is 95.9 cm³/mol. The second-order valence-corrected chi connectivity index (χ2v) is 5.97. The lowest BCUT2D eigenvalue weighted by atomic mass is 10.1. The highest BCUT2D eigenvalue weighted by atomic mass is 35.5. The number of hydrogen-bond acceptors (Lipinski definition) is 5. The number of halogens is 1. The van der Waals surface area contributed by atoms with Crippen molar-refractivity contribution in [3.63, 3.8) is 0 Å². The Balaban J connectivity index is 1.62. The summed E-state index contributed by atoms with van der Waals surface area (Å²) in [6, 6.07) is 8.82. The minimum absolute atomic E-state index is 0.267. The maximum Gasteiger partial charge on any atom is 0.255 e. The molecule has 0 fully saturated rings. The van der Waals surface area contributed by atoms with Crippen molar-refractivity contribution >= 4 is 23.2 Å². The minimum Gasteiger partial charge on any atom is -0.496 e. The summed E-state index contributed by atoms with van der Waals surface area (Å²) in [6.07, 6.45) is 0.660. The molecule has 1 aliphatic rings. The fourth-order valence-electron chi connectivity index (χ4n) is 2.57. The molecule has 3 N–H and O–H groups in total. The van der Waals surface area contributed by atoms with Crippen LogP contribution in [0.3, 0.4) is 0 Å². The molecule has 0 bridgehead atoms. The molecular weight excluding hydrogens is 344 g/mol. The second-order valence-electron chi connectivity index (χ2n) is 5.56. The van der Waals surface area contributed by atoms with Gasteiger partial charge in [0.05, 0.1) is 23.4 Å². The molecule has 3 rings (SSSR count). The van der Waals surface area contributed by atoms with Gasteiger partial charge in [0.1, 0.15) is 19.0 Å². The fourth-order valence-corrected chi connectivity index (χ4v) is 2.74. The average Bonchev–Trinajstić information content (AvgIpc) is 2.63. The number of carbonyl (C=O) groups is 1. The molecule has 25 heavy (non-hydrogen) atoms. The molecule has 7 heteroatoms. The van der Waals surface area contributed by atoms with Gasteiger partial charge in [-0.25, -0.2) is 0 Å². The normalized spacial score (nSPS) is 12.6. The molecule has 0 unspecified atom stereocenters. The summed E-state index contributed by atoms with van der Waals surface area (Å²) in [4.78, 5) is 12.4. The molecule has 132 valence electrons. The number of hydrogen-bond donors (Lipinski definition) is 2. The van der Waals surface area contributed by atoms with E-state index < -0.39 is 0 Å². The predicted octanol–water partition coefficient (Wildman–Crippen LogP) is 2.67. The van der Waals surface area contributed by atoms with Gasteiger partial charge in [-0.3, -0.25) is 4.79 Å². The zero-order valence-corrected chi connectivity index (χ0v) is 14.6. The number of nitrogens with one attached hydrogen (secondary N) is 1. The molecule has 0 saturated carbocycles. The number of ether oxygens (including phenoxy) is 3. The highest BCUT2D eigenvalue weighted by Gasteiger charge is 2.15. The third-order valence-corrected chi connectivity index (χ3v) is 4.20. The van der Waals surface area contributed by atoms with E-state index in [-0.39, 0.29) is 5.91 Å². The van der Waals surface area contributed by atoms with Crippen LogP contribution in [0.15, 0.2) is 30.3 Å². The number of fused-ring (bicyclic) bond motifs is 1. The van der Waals surface area contributed by atoms with Crippen LogP contribution in [-0.4, -0.2) is 32.8 Å². The maximum absolute atomic E-state index is 12.4. The summed E-state index contributed by atoms with van der Waals surface area (Å²) in [5, 5.41) is 3.18. The van der Waals surface area contributed by atoms with Gasteiger partial charge in [0, 0.05) is 12.6 Å². The molecule has 0 spiro atoms. The van der Waals surface area contributed by atoms with Gasteiger partial charge in [-0.15, -0.1) is 0 Å². The van der Waals surface area contributed by atoms with Crippen molar-refractivity contribution in [2.45, 2.75) is 6.42 Å². The number of methoxy groups -OCH3 is 1. The molecular formula is C18H19ClN2O4. The van der Waals surface area contributed by atoms with Crippen molar-refractivity contribution in [2.75, 3.05) is 32.6 Å². The third kappa shape index (κ3) is 3.91. The first-order valence-electron chi connectivity index (χ1n) is 7.88. The van der Waals surface area contributed by atoms with Gasteiger partial charge in [0.25, 0.3) is 5.91 Å². The molecule has 2 aromatic carbocycles. The maximum atomic E-state index is 12.4. The summed E-state index contributed by atoms with van der Waals surface area (Å²) >= 11 is 6.00. The van der Waals surface area contributed by atoms with E-state index in [9.17, 15) is 4.79 Å². The van der Waals surface area contributed by atoms with Crippen LogP contribution < -0.4 is 25.3 Å². The summed E-state index contributed by atoms with van der Waals surface area (Å²) in [5.41, 5.74) is 7.50. The zero-order valence-electron chi connectivity index (χ0n) is 13.8. The van der Waals surface area contributed by atoms with Gasteiger partial charge >= 0.3 is 0 Å². The molecule has 0 saturated heterocycles. The number of amides is 1. The van der Waals surface area contributed by atoms with Crippen LogP contribution in [-0.2, 0) is 6.42 Å². The van der Waals surface area contributed by atoms with Crippen LogP contribution in [0.25, 0.3) is 0 Å². The van der Waals surface area contributed by atoms with Crippen molar-refractivity contribution in [1.29, 1.82) is 0 Å². The van der Waals surface area contributed by atoms with Crippen molar-refractivity contribution in [3.05, 3.63) is 46.5 Å².